The van der Waals surface area contributed by atoms with Crippen LogP contribution in [0.3, 0.4) is 0 Å². The number of benzene rings is 2. The molecule has 5 heteroatoms. The molecule has 0 spiro atoms. The highest BCUT2D eigenvalue weighted by atomic mass is 32.1. The Bertz CT molecular complexity index is 943. The fraction of sp³-hybridized carbons (Fsp3) is 0.391. The molecule has 1 fully saturated rings. The molecule has 4 rings (SSSR count). The van der Waals surface area contributed by atoms with E-state index in [0.29, 0.717) is 0 Å². The molecule has 0 radical (unpaired) electrons. The molecule has 0 saturated carbocycles. The molecule has 1 aliphatic rings. The van der Waals surface area contributed by atoms with E-state index in [0.717, 1.165) is 54.9 Å². The third-order valence-corrected chi connectivity index (χ3v) is 6.16. The molecule has 0 bridgehead atoms. The van der Waals surface area contributed by atoms with Crippen LogP contribution in [0.25, 0.3) is 10.9 Å². The molecule has 1 saturated heterocycles. The minimum Gasteiger partial charge on any atom is -0.369 e. The van der Waals surface area contributed by atoms with Gasteiger partial charge in [-0.25, -0.2) is 9.97 Å². The first-order valence-corrected chi connectivity index (χ1v) is 10.4. The van der Waals surface area contributed by atoms with E-state index in [1.54, 1.807) is 6.33 Å². The van der Waals surface area contributed by atoms with Gasteiger partial charge in [0, 0.05) is 48.3 Å². The monoisotopic (exact) mass is 392 g/mol. The molecule has 28 heavy (non-hydrogen) atoms. The average Bonchev–Trinajstić information content (AvgIpc) is 2.72. The van der Waals surface area contributed by atoms with Crippen LogP contribution in [-0.2, 0) is 5.41 Å². The molecule has 0 atom stereocenters. The van der Waals surface area contributed by atoms with Crippen molar-refractivity contribution in [1.82, 2.24) is 14.9 Å². The van der Waals surface area contributed by atoms with Gasteiger partial charge in [-0.3, -0.25) is 4.90 Å². The lowest BCUT2D eigenvalue weighted by Crippen LogP contribution is -2.47. The van der Waals surface area contributed by atoms with Crippen molar-refractivity contribution in [3.8, 4) is 0 Å². The first-order chi connectivity index (χ1) is 13.5. The van der Waals surface area contributed by atoms with Crippen LogP contribution in [0, 0.1) is 0 Å². The van der Waals surface area contributed by atoms with Gasteiger partial charge in [0.05, 0.1) is 5.52 Å². The number of hydrogen-bond donors (Lipinski definition) is 1. The van der Waals surface area contributed by atoms with Crippen molar-refractivity contribution in [2.45, 2.75) is 30.6 Å². The molecule has 0 amide bonds. The Morgan fingerprint density at radius 2 is 1.82 bits per heavy atom. The van der Waals surface area contributed by atoms with E-state index in [1.165, 1.54) is 11.3 Å². The van der Waals surface area contributed by atoms with E-state index in [9.17, 15) is 0 Å². The summed E-state index contributed by atoms with van der Waals surface area (Å²) in [6, 6.07) is 14.9. The SMILES string of the molecule is CC(C)(CCN1CCN(c2cccc(S)c2)CC1)c1cccc2cncnc12. The van der Waals surface area contributed by atoms with E-state index in [-0.39, 0.29) is 5.41 Å². The van der Waals surface area contributed by atoms with E-state index in [2.05, 4.69) is 82.6 Å². The normalized spacial score (nSPS) is 15.9. The van der Waals surface area contributed by atoms with E-state index < -0.39 is 0 Å². The van der Waals surface area contributed by atoms with Gasteiger partial charge in [0.1, 0.15) is 6.33 Å². The second-order valence-corrected chi connectivity index (χ2v) is 8.76. The van der Waals surface area contributed by atoms with Crippen LogP contribution in [0.5, 0.6) is 0 Å². The van der Waals surface area contributed by atoms with E-state index >= 15 is 0 Å². The highest BCUT2D eigenvalue weighted by molar-refractivity contribution is 7.80. The fourth-order valence-corrected chi connectivity index (χ4v) is 4.27. The van der Waals surface area contributed by atoms with Crippen molar-refractivity contribution in [2.75, 3.05) is 37.6 Å². The average molecular weight is 393 g/mol. The molecule has 146 valence electrons. The lowest BCUT2D eigenvalue weighted by molar-refractivity contribution is 0.235. The summed E-state index contributed by atoms with van der Waals surface area (Å²) in [5.74, 6) is 0. The Morgan fingerprint density at radius 3 is 2.61 bits per heavy atom. The minimum absolute atomic E-state index is 0.0748. The van der Waals surface area contributed by atoms with Crippen LogP contribution in [0.4, 0.5) is 5.69 Å². The third kappa shape index (κ3) is 4.15. The van der Waals surface area contributed by atoms with Gasteiger partial charge in [-0.15, -0.1) is 12.6 Å². The van der Waals surface area contributed by atoms with Gasteiger partial charge in [0.2, 0.25) is 0 Å². The first-order valence-electron chi connectivity index (χ1n) is 9.98. The molecular formula is C23H28N4S. The predicted octanol–water partition coefficient (Wildman–Crippen LogP) is 4.41. The Morgan fingerprint density at radius 1 is 1.04 bits per heavy atom. The highest BCUT2D eigenvalue weighted by Crippen LogP contribution is 2.32. The summed E-state index contributed by atoms with van der Waals surface area (Å²) in [6.45, 7) is 10.1. The lowest BCUT2D eigenvalue weighted by atomic mass is 9.80. The molecule has 3 aromatic rings. The maximum absolute atomic E-state index is 4.56. The molecule has 2 heterocycles. The van der Waals surface area contributed by atoms with E-state index in [4.69, 9.17) is 0 Å². The van der Waals surface area contributed by atoms with Crippen LogP contribution in [0.1, 0.15) is 25.8 Å². The quantitative estimate of drug-likeness (QED) is 0.652. The summed E-state index contributed by atoms with van der Waals surface area (Å²) < 4.78 is 0. The lowest BCUT2D eigenvalue weighted by Gasteiger charge is -2.38. The van der Waals surface area contributed by atoms with Crippen LogP contribution in [0.2, 0.25) is 0 Å². The summed E-state index contributed by atoms with van der Waals surface area (Å²) in [7, 11) is 0. The number of aromatic nitrogens is 2. The minimum atomic E-state index is 0.0748. The molecular weight excluding hydrogens is 364 g/mol. The Balaban J connectivity index is 1.38. The second kappa shape index (κ2) is 8.10. The van der Waals surface area contributed by atoms with Crippen LogP contribution in [0.15, 0.2) is 59.9 Å². The number of hydrogen-bond acceptors (Lipinski definition) is 5. The van der Waals surface area contributed by atoms with Crippen molar-refractivity contribution < 1.29 is 0 Å². The van der Waals surface area contributed by atoms with Crippen LogP contribution < -0.4 is 4.90 Å². The molecule has 0 unspecified atom stereocenters. The largest absolute Gasteiger partial charge is 0.369 e. The summed E-state index contributed by atoms with van der Waals surface area (Å²) in [5, 5.41) is 1.12. The van der Waals surface area contributed by atoms with Gasteiger partial charge in [0.25, 0.3) is 0 Å². The molecule has 2 aromatic carbocycles. The topological polar surface area (TPSA) is 32.3 Å². The van der Waals surface area contributed by atoms with Crippen molar-refractivity contribution >= 4 is 29.2 Å². The number of rotatable bonds is 5. The number of nitrogens with zero attached hydrogens (tertiary/aromatic N) is 4. The predicted molar refractivity (Wildman–Crippen MR) is 120 cm³/mol. The molecule has 0 N–H and O–H groups in total. The molecule has 0 aliphatic carbocycles. The van der Waals surface area contributed by atoms with Gasteiger partial charge in [-0.05, 0) is 42.1 Å². The third-order valence-electron chi connectivity index (χ3n) is 5.88. The van der Waals surface area contributed by atoms with E-state index in [1.807, 2.05) is 12.3 Å². The van der Waals surface area contributed by atoms with Crippen LogP contribution in [-0.4, -0.2) is 47.6 Å². The molecule has 1 aliphatic heterocycles. The maximum Gasteiger partial charge on any atom is 0.116 e. The smallest absolute Gasteiger partial charge is 0.116 e. The zero-order chi connectivity index (χ0) is 19.6. The maximum atomic E-state index is 4.56. The van der Waals surface area contributed by atoms with Crippen LogP contribution >= 0.6 is 12.6 Å². The number of piperazine rings is 1. The number of thiol groups is 1. The summed E-state index contributed by atoms with van der Waals surface area (Å²) in [5.41, 5.74) is 3.75. The van der Waals surface area contributed by atoms with Gasteiger partial charge in [0.15, 0.2) is 0 Å². The number of para-hydroxylation sites is 1. The fourth-order valence-electron chi connectivity index (χ4n) is 4.05. The standard InChI is InChI=1S/C23H28N4S/c1-23(2,21-8-3-5-18-16-24-17-25-22(18)21)9-10-26-11-13-27(14-12-26)19-6-4-7-20(28)15-19/h3-8,15-17,28H,9-14H2,1-2H3. The second-order valence-electron chi connectivity index (χ2n) is 8.25. The Kier molecular flexibility index (Phi) is 5.56. The summed E-state index contributed by atoms with van der Waals surface area (Å²) >= 11 is 4.47. The van der Waals surface area contributed by atoms with Gasteiger partial charge >= 0.3 is 0 Å². The highest BCUT2D eigenvalue weighted by Gasteiger charge is 2.25. The molecule has 4 nitrogen and oxygen atoms in total. The van der Waals surface area contributed by atoms with Crippen molar-refractivity contribution in [3.05, 3.63) is 60.6 Å². The van der Waals surface area contributed by atoms with Crippen molar-refractivity contribution in [1.29, 1.82) is 0 Å². The number of anilines is 1. The number of fused-ring (bicyclic) bond motifs is 1. The van der Waals surface area contributed by atoms with Crippen molar-refractivity contribution in [2.24, 2.45) is 0 Å². The zero-order valence-corrected chi connectivity index (χ0v) is 17.6. The summed E-state index contributed by atoms with van der Waals surface area (Å²) in [4.78, 5) is 14.8. The van der Waals surface area contributed by atoms with Crippen molar-refractivity contribution in [3.63, 3.8) is 0 Å². The van der Waals surface area contributed by atoms with Gasteiger partial charge < -0.3 is 4.90 Å². The Hall–Kier alpha value is -2.11. The van der Waals surface area contributed by atoms with Gasteiger partial charge in [-0.2, -0.15) is 0 Å². The van der Waals surface area contributed by atoms with Gasteiger partial charge in [-0.1, -0.05) is 38.1 Å². The molecule has 1 aromatic heterocycles. The zero-order valence-electron chi connectivity index (χ0n) is 16.7. The first kappa shape index (κ1) is 19.2. The Labute approximate surface area is 173 Å². The summed E-state index contributed by atoms with van der Waals surface area (Å²) in [6.07, 6.45) is 4.67.